The second-order valence-corrected chi connectivity index (χ2v) is 12.2. The summed E-state index contributed by atoms with van der Waals surface area (Å²) in [7, 11) is 6.51. The van der Waals surface area contributed by atoms with Crippen LogP contribution in [0.25, 0.3) is 0 Å². The van der Waals surface area contributed by atoms with E-state index in [2.05, 4.69) is 24.3 Å². The molecule has 0 bridgehead atoms. The van der Waals surface area contributed by atoms with Crippen LogP contribution in [-0.2, 0) is 24.0 Å². The van der Waals surface area contributed by atoms with Gasteiger partial charge in [0.15, 0.2) is 0 Å². The molecule has 0 saturated heterocycles. The lowest BCUT2D eigenvalue weighted by atomic mass is 9.79. The van der Waals surface area contributed by atoms with E-state index in [-0.39, 0.29) is 0 Å². The van der Waals surface area contributed by atoms with Crippen molar-refractivity contribution < 1.29 is 29.2 Å². The summed E-state index contributed by atoms with van der Waals surface area (Å²) in [6.45, 7) is 0. The Bertz CT molecular complexity index is 1760. The predicted octanol–water partition coefficient (Wildman–Crippen LogP) is 8.07. The fourth-order valence-corrected chi connectivity index (χ4v) is 6.52. The molecule has 6 rings (SSSR count). The zero-order valence-electron chi connectivity index (χ0n) is 28.8. The van der Waals surface area contributed by atoms with Gasteiger partial charge >= 0.3 is 0 Å². The summed E-state index contributed by atoms with van der Waals surface area (Å²) in [6.07, 6.45) is 1.45. The maximum atomic E-state index is 12.5. The summed E-state index contributed by atoms with van der Waals surface area (Å²) in [4.78, 5) is 0. The van der Waals surface area contributed by atoms with Gasteiger partial charge in [0.05, 0.1) is 28.4 Å². The molecule has 2 N–H and O–H groups in total. The van der Waals surface area contributed by atoms with Crippen molar-refractivity contribution in [2.24, 2.45) is 0 Å². The Kier molecular flexibility index (Phi) is 10.2. The van der Waals surface area contributed by atoms with E-state index >= 15 is 0 Å². The van der Waals surface area contributed by atoms with Crippen molar-refractivity contribution in [1.82, 2.24) is 0 Å². The minimum absolute atomic E-state index is 0.715. The standard InChI is InChI=1S/C44H42O6/c1-47-39-21-13-33(14-22-39)43(45,34-15-23-40(48-2)24-16-34)37-9-5-7-31(29-37)11-12-32-8-6-10-38(30-32)44(46,35-17-25-41(49-3)26-18-35)36-19-27-42(50-4)28-20-36/h5-10,13-30,45-46H,11-12H2,1-4H3. The first-order chi connectivity index (χ1) is 24.3. The largest absolute Gasteiger partial charge is 0.497 e. The minimum Gasteiger partial charge on any atom is -0.497 e. The minimum atomic E-state index is -1.41. The number of rotatable bonds is 13. The van der Waals surface area contributed by atoms with Gasteiger partial charge < -0.3 is 29.2 Å². The molecule has 6 nitrogen and oxygen atoms in total. The second kappa shape index (κ2) is 14.9. The average Bonchev–Trinajstić information content (AvgIpc) is 3.19. The summed E-state index contributed by atoms with van der Waals surface area (Å²) in [6, 6.07) is 46.3. The predicted molar refractivity (Wildman–Crippen MR) is 196 cm³/mol. The van der Waals surface area contributed by atoms with Crippen LogP contribution in [0.1, 0.15) is 44.5 Å². The first-order valence-electron chi connectivity index (χ1n) is 16.5. The Morgan fingerprint density at radius 1 is 0.360 bits per heavy atom. The molecule has 50 heavy (non-hydrogen) atoms. The maximum absolute atomic E-state index is 12.5. The molecule has 6 aromatic carbocycles. The number of hydrogen-bond donors (Lipinski definition) is 2. The fourth-order valence-electron chi connectivity index (χ4n) is 6.52. The van der Waals surface area contributed by atoms with Crippen LogP contribution in [0, 0.1) is 0 Å². The maximum Gasteiger partial charge on any atom is 0.140 e. The molecule has 0 fully saturated rings. The number of methoxy groups -OCH3 is 4. The normalized spacial score (nSPS) is 11.6. The molecule has 6 aromatic rings. The van der Waals surface area contributed by atoms with E-state index in [4.69, 9.17) is 18.9 Å². The van der Waals surface area contributed by atoms with Gasteiger partial charge in [-0.3, -0.25) is 0 Å². The molecule has 0 aliphatic rings. The van der Waals surface area contributed by atoms with Crippen molar-refractivity contribution in [1.29, 1.82) is 0 Å². The molecule has 0 aromatic heterocycles. The Morgan fingerprint density at radius 3 is 0.860 bits per heavy atom. The number of ether oxygens (including phenoxy) is 4. The van der Waals surface area contributed by atoms with E-state index in [1.165, 1.54) is 0 Å². The zero-order chi connectivity index (χ0) is 35.1. The number of hydrogen-bond acceptors (Lipinski definition) is 6. The van der Waals surface area contributed by atoms with Crippen molar-refractivity contribution in [3.05, 3.63) is 190 Å². The monoisotopic (exact) mass is 666 g/mol. The Balaban J connectivity index is 1.32. The summed E-state index contributed by atoms with van der Waals surface area (Å²) in [5.74, 6) is 2.86. The fraction of sp³-hybridized carbons (Fsp3) is 0.182. The Morgan fingerprint density at radius 2 is 0.620 bits per heavy atom. The van der Waals surface area contributed by atoms with E-state index in [1.54, 1.807) is 28.4 Å². The lowest BCUT2D eigenvalue weighted by Crippen LogP contribution is -2.29. The van der Waals surface area contributed by atoms with Crippen molar-refractivity contribution in [2.45, 2.75) is 24.0 Å². The third kappa shape index (κ3) is 6.81. The average molecular weight is 667 g/mol. The lowest BCUT2D eigenvalue weighted by Gasteiger charge is -2.31. The van der Waals surface area contributed by atoms with Crippen molar-refractivity contribution >= 4 is 0 Å². The molecule has 0 heterocycles. The summed E-state index contributed by atoms with van der Waals surface area (Å²) in [5, 5.41) is 25.1. The highest BCUT2D eigenvalue weighted by molar-refractivity contribution is 5.52. The van der Waals surface area contributed by atoms with Gasteiger partial charge in [0.1, 0.15) is 34.2 Å². The van der Waals surface area contributed by atoms with Crippen molar-refractivity contribution in [3.63, 3.8) is 0 Å². The van der Waals surface area contributed by atoms with E-state index in [0.717, 1.165) is 57.3 Å². The van der Waals surface area contributed by atoms with Gasteiger partial charge in [-0.05, 0) is 106 Å². The first kappa shape index (κ1) is 34.3. The SMILES string of the molecule is COc1ccc(C(O)(c2ccc(OC)cc2)c2cccc(CCc3cccc(C(O)(c4ccc(OC)cc4)c4ccc(OC)cc4)c3)c2)cc1. The second-order valence-electron chi connectivity index (χ2n) is 12.2. The molecule has 6 heteroatoms. The molecule has 0 amide bonds. The molecule has 0 spiro atoms. The summed E-state index contributed by atoms with van der Waals surface area (Å²) < 4.78 is 21.6. The highest BCUT2D eigenvalue weighted by Gasteiger charge is 2.35. The van der Waals surface area contributed by atoms with E-state index in [9.17, 15) is 10.2 Å². The third-order valence-corrected chi connectivity index (χ3v) is 9.42. The third-order valence-electron chi connectivity index (χ3n) is 9.42. The van der Waals surface area contributed by atoms with Gasteiger partial charge in [0, 0.05) is 0 Å². The zero-order valence-corrected chi connectivity index (χ0v) is 28.8. The Hall–Kier alpha value is -5.56. The lowest BCUT2D eigenvalue weighted by molar-refractivity contribution is 0.125. The van der Waals surface area contributed by atoms with Crippen LogP contribution < -0.4 is 18.9 Å². The van der Waals surface area contributed by atoms with Gasteiger partial charge in [-0.2, -0.15) is 0 Å². The van der Waals surface area contributed by atoms with Crippen LogP contribution in [0.3, 0.4) is 0 Å². The topological polar surface area (TPSA) is 77.4 Å². The smallest absolute Gasteiger partial charge is 0.140 e. The number of aryl methyl sites for hydroxylation is 2. The van der Waals surface area contributed by atoms with Gasteiger partial charge in [-0.25, -0.2) is 0 Å². The van der Waals surface area contributed by atoms with Gasteiger partial charge in [-0.1, -0.05) is 97.1 Å². The molecular weight excluding hydrogens is 624 g/mol. The number of aliphatic hydroxyl groups is 2. The van der Waals surface area contributed by atoms with Crippen molar-refractivity contribution in [3.8, 4) is 23.0 Å². The quantitative estimate of drug-likeness (QED) is 0.121. The molecule has 0 atom stereocenters. The van der Waals surface area contributed by atoms with E-state index < -0.39 is 11.2 Å². The highest BCUT2D eigenvalue weighted by atomic mass is 16.5. The number of benzene rings is 6. The van der Waals surface area contributed by atoms with Crippen LogP contribution in [0.5, 0.6) is 23.0 Å². The molecular formula is C44H42O6. The van der Waals surface area contributed by atoms with E-state index in [1.807, 2.05) is 121 Å². The van der Waals surface area contributed by atoms with Gasteiger partial charge in [-0.15, -0.1) is 0 Å². The van der Waals surface area contributed by atoms with Gasteiger partial charge in [0.2, 0.25) is 0 Å². The molecule has 254 valence electrons. The molecule has 0 aliphatic carbocycles. The Labute approximate surface area is 294 Å². The van der Waals surface area contributed by atoms with Gasteiger partial charge in [0.25, 0.3) is 0 Å². The summed E-state index contributed by atoms with van der Waals surface area (Å²) in [5.41, 5.74) is 3.75. The molecule has 0 saturated carbocycles. The van der Waals surface area contributed by atoms with Crippen LogP contribution >= 0.6 is 0 Å². The van der Waals surface area contributed by atoms with Crippen LogP contribution in [-0.4, -0.2) is 38.7 Å². The first-order valence-corrected chi connectivity index (χ1v) is 16.5. The van der Waals surface area contributed by atoms with Crippen molar-refractivity contribution in [2.75, 3.05) is 28.4 Å². The van der Waals surface area contributed by atoms with Crippen LogP contribution in [0.4, 0.5) is 0 Å². The van der Waals surface area contributed by atoms with Crippen LogP contribution in [0.15, 0.2) is 146 Å². The van der Waals surface area contributed by atoms with Crippen LogP contribution in [0.2, 0.25) is 0 Å². The molecule has 0 radical (unpaired) electrons. The van der Waals surface area contributed by atoms with E-state index in [0.29, 0.717) is 23.0 Å². The summed E-state index contributed by atoms with van der Waals surface area (Å²) >= 11 is 0. The highest BCUT2D eigenvalue weighted by Crippen LogP contribution is 2.40. The molecule has 0 unspecified atom stereocenters. The molecule has 0 aliphatic heterocycles.